The number of aryl methyl sites for hydroxylation is 1. The Balaban J connectivity index is 2.91. The summed E-state index contributed by atoms with van der Waals surface area (Å²) in [6, 6.07) is 4.57. The van der Waals surface area contributed by atoms with E-state index in [2.05, 4.69) is 0 Å². The first-order valence-electron chi connectivity index (χ1n) is 6.24. The standard InChI is InChI=1S/C14H21FN2O/c1-10(2)17(8-4-7-16)14(18)12-5-6-13(15)11(3)9-12/h5-6,9-10H,4,7-8,16H2,1-3H3. The molecule has 0 saturated heterocycles. The van der Waals surface area contributed by atoms with Gasteiger partial charge in [0, 0.05) is 18.2 Å². The van der Waals surface area contributed by atoms with Crippen LogP contribution in [0.15, 0.2) is 18.2 Å². The molecule has 0 aliphatic heterocycles. The molecule has 1 rings (SSSR count). The van der Waals surface area contributed by atoms with Crippen LogP contribution in [-0.4, -0.2) is 29.9 Å². The Morgan fingerprint density at radius 2 is 2.11 bits per heavy atom. The molecule has 0 saturated carbocycles. The predicted octanol–water partition coefficient (Wildman–Crippen LogP) is 2.33. The van der Waals surface area contributed by atoms with Gasteiger partial charge in [0.05, 0.1) is 0 Å². The number of nitrogens with two attached hydrogens (primary N) is 1. The van der Waals surface area contributed by atoms with Gasteiger partial charge >= 0.3 is 0 Å². The summed E-state index contributed by atoms with van der Waals surface area (Å²) < 4.78 is 13.2. The summed E-state index contributed by atoms with van der Waals surface area (Å²) in [7, 11) is 0. The van der Waals surface area contributed by atoms with Crippen molar-refractivity contribution in [3.8, 4) is 0 Å². The molecule has 2 N–H and O–H groups in total. The maximum Gasteiger partial charge on any atom is 0.254 e. The highest BCUT2D eigenvalue weighted by atomic mass is 19.1. The molecule has 18 heavy (non-hydrogen) atoms. The van der Waals surface area contributed by atoms with E-state index in [4.69, 9.17) is 5.73 Å². The fourth-order valence-electron chi connectivity index (χ4n) is 1.80. The van der Waals surface area contributed by atoms with Crippen molar-refractivity contribution in [1.29, 1.82) is 0 Å². The van der Waals surface area contributed by atoms with Gasteiger partial charge in [-0.15, -0.1) is 0 Å². The topological polar surface area (TPSA) is 46.3 Å². The van der Waals surface area contributed by atoms with Crippen LogP contribution in [0.1, 0.15) is 36.2 Å². The first kappa shape index (κ1) is 14.6. The summed E-state index contributed by atoms with van der Waals surface area (Å²) in [6.45, 7) is 6.77. The van der Waals surface area contributed by atoms with Crippen molar-refractivity contribution in [1.82, 2.24) is 4.90 Å². The smallest absolute Gasteiger partial charge is 0.254 e. The molecule has 0 fully saturated rings. The van der Waals surface area contributed by atoms with E-state index in [1.165, 1.54) is 12.1 Å². The fraction of sp³-hybridized carbons (Fsp3) is 0.500. The molecular weight excluding hydrogens is 231 g/mol. The molecule has 0 atom stereocenters. The largest absolute Gasteiger partial charge is 0.336 e. The third-order valence-electron chi connectivity index (χ3n) is 2.89. The maximum absolute atomic E-state index is 13.2. The van der Waals surface area contributed by atoms with Gasteiger partial charge in [-0.05, 0) is 57.5 Å². The van der Waals surface area contributed by atoms with Crippen LogP contribution >= 0.6 is 0 Å². The Morgan fingerprint density at radius 3 is 2.61 bits per heavy atom. The number of nitrogens with zero attached hydrogens (tertiary/aromatic N) is 1. The van der Waals surface area contributed by atoms with Gasteiger partial charge in [-0.2, -0.15) is 0 Å². The van der Waals surface area contributed by atoms with Crippen LogP contribution in [-0.2, 0) is 0 Å². The highest BCUT2D eigenvalue weighted by molar-refractivity contribution is 5.94. The quantitative estimate of drug-likeness (QED) is 0.874. The Hall–Kier alpha value is -1.42. The van der Waals surface area contributed by atoms with Crippen LogP contribution in [0.3, 0.4) is 0 Å². The van der Waals surface area contributed by atoms with Crippen molar-refractivity contribution >= 4 is 5.91 Å². The van der Waals surface area contributed by atoms with Crippen LogP contribution < -0.4 is 5.73 Å². The summed E-state index contributed by atoms with van der Waals surface area (Å²) in [5.41, 5.74) is 6.49. The van der Waals surface area contributed by atoms with Gasteiger partial charge in [0.15, 0.2) is 0 Å². The van der Waals surface area contributed by atoms with Crippen LogP contribution in [0.25, 0.3) is 0 Å². The summed E-state index contributed by atoms with van der Waals surface area (Å²) >= 11 is 0. The molecular formula is C14H21FN2O. The minimum absolute atomic E-state index is 0.0680. The first-order chi connectivity index (χ1) is 8.47. The second-order valence-electron chi connectivity index (χ2n) is 4.70. The van der Waals surface area contributed by atoms with E-state index < -0.39 is 0 Å². The highest BCUT2D eigenvalue weighted by Gasteiger charge is 2.18. The third-order valence-corrected chi connectivity index (χ3v) is 2.89. The average molecular weight is 252 g/mol. The van der Waals surface area contributed by atoms with Crippen molar-refractivity contribution in [2.24, 2.45) is 5.73 Å². The van der Waals surface area contributed by atoms with Crippen molar-refractivity contribution in [2.45, 2.75) is 33.2 Å². The summed E-state index contributed by atoms with van der Waals surface area (Å²) in [5, 5.41) is 0. The number of hydrogen-bond acceptors (Lipinski definition) is 2. The number of carbonyl (C=O) groups excluding carboxylic acids is 1. The number of carbonyl (C=O) groups is 1. The molecule has 0 heterocycles. The highest BCUT2D eigenvalue weighted by Crippen LogP contribution is 2.13. The minimum atomic E-state index is -0.287. The molecule has 1 amide bonds. The maximum atomic E-state index is 13.2. The lowest BCUT2D eigenvalue weighted by Gasteiger charge is -2.26. The zero-order chi connectivity index (χ0) is 13.7. The van der Waals surface area contributed by atoms with Crippen LogP contribution in [0.2, 0.25) is 0 Å². The fourth-order valence-corrected chi connectivity index (χ4v) is 1.80. The summed E-state index contributed by atoms with van der Waals surface area (Å²) in [5.74, 6) is -0.355. The number of benzene rings is 1. The number of hydrogen-bond donors (Lipinski definition) is 1. The zero-order valence-electron chi connectivity index (χ0n) is 11.2. The molecule has 0 bridgehead atoms. The molecule has 0 aromatic heterocycles. The van der Waals surface area contributed by atoms with E-state index in [9.17, 15) is 9.18 Å². The van der Waals surface area contributed by atoms with Crippen molar-refractivity contribution in [3.05, 3.63) is 35.1 Å². The van der Waals surface area contributed by atoms with Crippen LogP contribution in [0, 0.1) is 12.7 Å². The van der Waals surface area contributed by atoms with Crippen molar-refractivity contribution in [2.75, 3.05) is 13.1 Å². The molecule has 0 unspecified atom stereocenters. The normalized spacial score (nSPS) is 10.8. The lowest BCUT2D eigenvalue weighted by Crippen LogP contribution is -2.38. The molecule has 100 valence electrons. The number of rotatable bonds is 5. The molecule has 1 aromatic rings. The molecule has 3 nitrogen and oxygen atoms in total. The van der Waals surface area contributed by atoms with E-state index >= 15 is 0 Å². The second-order valence-corrected chi connectivity index (χ2v) is 4.70. The van der Waals surface area contributed by atoms with E-state index in [-0.39, 0.29) is 17.8 Å². The van der Waals surface area contributed by atoms with E-state index in [1.54, 1.807) is 17.9 Å². The van der Waals surface area contributed by atoms with E-state index in [0.29, 0.717) is 24.2 Å². The number of amides is 1. The van der Waals surface area contributed by atoms with E-state index in [1.807, 2.05) is 13.8 Å². The van der Waals surface area contributed by atoms with Crippen LogP contribution in [0.4, 0.5) is 4.39 Å². The molecule has 0 spiro atoms. The summed E-state index contributed by atoms with van der Waals surface area (Å²) in [4.78, 5) is 14.1. The molecule has 0 radical (unpaired) electrons. The second kappa shape index (κ2) is 6.50. The average Bonchev–Trinajstić information content (AvgIpc) is 2.32. The predicted molar refractivity (Wildman–Crippen MR) is 71.0 cm³/mol. The van der Waals surface area contributed by atoms with Gasteiger partial charge in [0.25, 0.3) is 5.91 Å². The van der Waals surface area contributed by atoms with Gasteiger partial charge in [-0.1, -0.05) is 0 Å². The van der Waals surface area contributed by atoms with Crippen molar-refractivity contribution in [3.63, 3.8) is 0 Å². The van der Waals surface area contributed by atoms with Gasteiger partial charge in [0.2, 0.25) is 0 Å². The monoisotopic (exact) mass is 252 g/mol. The minimum Gasteiger partial charge on any atom is -0.336 e. The third kappa shape index (κ3) is 3.53. The molecule has 0 aliphatic carbocycles. The number of halogens is 1. The van der Waals surface area contributed by atoms with Gasteiger partial charge in [-0.3, -0.25) is 4.79 Å². The Morgan fingerprint density at radius 1 is 1.44 bits per heavy atom. The Bertz CT molecular complexity index is 418. The van der Waals surface area contributed by atoms with Crippen molar-refractivity contribution < 1.29 is 9.18 Å². The van der Waals surface area contributed by atoms with Gasteiger partial charge in [0.1, 0.15) is 5.82 Å². The van der Waals surface area contributed by atoms with Crippen LogP contribution in [0.5, 0.6) is 0 Å². The van der Waals surface area contributed by atoms with Gasteiger partial charge < -0.3 is 10.6 Å². The Labute approximate surface area is 108 Å². The molecule has 4 heteroatoms. The lowest BCUT2D eigenvalue weighted by molar-refractivity contribution is 0.0704. The first-order valence-corrected chi connectivity index (χ1v) is 6.24. The zero-order valence-corrected chi connectivity index (χ0v) is 11.2. The lowest BCUT2D eigenvalue weighted by atomic mass is 10.1. The Kier molecular flexibility index (Phi) is 5.28. The summed E-state index contributed by atoms with van der Waals surface area (Å²) in [6.07, 6.45) is 0.768. The molecule has 0 aliphatic rings. The SMILES string of the molecule is Cc1cc(C(=O)N(CCCN)C(C)C)ccc1F. The molecule has 1 aromatic carbocycles. The van der Waals surface area contributed by atoms with Gasteiger partial charge in [-0.25, -0.2) is 4.39 Å². The van der Waals surface area contributed by atoms with E-state index in [0.717, 1.165) is 6.42 Å².